The van der Waals surface area contributed by atoms with Crippen LogP contribution < -0.4 is 5.32 Å². The van der Waals surface area contributed by atoms with E-state index in [9.17, 15) is 9.59 Å². The highest BCUT2D eigenvalue weighted by Crippen LogP contribution is 2.29. The molecule has 0 heterocycles. The monoisotopic (exact) mass is 502 g/mol. The third-order valence-electron chi connectivity index (χ3n) is 5.00. The van der Waals surface area contributed by atoms with Crippen molar-refractivity contribution in [3.63, 3.8) is 0 Å². The third kappa shape index (κ3) is 7.01. The molecule has 0 saturated heterocycles. The Hall–Kier alpha value is -1.46. The molecule has 0 saturated carbocycles. The number of carbonyl (C=O) groups is 2. The van der Waals surface area contributed by atoms with E-state index in [2.05, 4.69) is 5.32 Å². The second-order valence-corrected chi connectivity index (χ2v) is 8.80. The van der Waals surface area contributed by atoms with Gasteiger partial charge in [0, 0.05) is 38.7 Å². The van der Waals surface area contributed by atoms with E-state index in [1.807, 2.05) is 13.8 Å². The average molecular weight is 504 g/mol. The largest absolute Gasteiger partial charge is 0.354 e. The molecule has 2 amide bonds. The highest BCUT2D eigenvalue weighted by atomic mass is 35.5. The van der Waals surface area contributed by atoms with Gasteiger partial charge in [0.2, 0.25) is 11.8 Å². The van der Waals surface area contributed by atoms with Gasteiger partial charge in [0.15, 0.2) is 0 Å². The van der Waals surface area contributed by atoms with E-state index in [1.54, 1.807) is 36.4 Å². The standard InChI is InChI=1S/C23H26Cl4N2O2/c1-3-5-12-28-23(31)21(4-2)29(14-16-19(26)10-7-11-20(16)27)22(30)13-15-17(24)8-6-9-18(15)25/h6-11,21H,3-5,12-14H2,1-2H3,(H,28,31)/t21-/m1/s1. The summed E-state index contributed by atoms with van der Waals surface area (Å²) in [4.78, 5) is 27.8. The molecule has 0 spiro atoms. The molecule has 168 valence electrons. The fraction of sp³-hybridized carbons (Fsp3) is 0.391. The number of halogens is 4. The molecule has 0 radical (unpaired) electrons. The van der Waals surface area contributed by atoms with E-state index in [0.717, 1.165) is 12.8 Å². The lowest BCUT2D eigenvalue weighted by Crippen LogP contribution is -2.49. The molecule has 0 bridgehead atoms. The van der Waals surface area contributed by atoms with Gasteiger partial charge in [-0.2, -0.15) is 0 Å². The molecular weight excluding hydrogens is 478 g/mol. The Morgan fingerprint density at radius 3 is 1.90 bits per heavy atom. The van der Waals surface area contributed by atoms with Gasteiger partial charge < -0.3 is 10.2 Å². The summed E-state index contributed by atoms with van der Waals surface area (Å²) in [7, 11) is 0. The van der Waals surface area contributed by atoms with Crippen LogP contribution in [0.15, 0.2) is 36.4 Å². The maximum absolute atomic E-state index is 13.4. The van der Waals surface area contributed by atoms with Crippen molar-refractivity contribution in [1.82, 2.24) is 10.2 Å². The van der Waals surface area contributed by atoms with Crippen LogP contribution >= 0.6 is 46.4 Å². The lowest BCUT2D eigenvalue weighted by Gasteiger charge is -2.31. The van der Waals surface area contributed by atoms with Crippen LogP contribution in [0.4, 0.5) is 0 Å². The Morgan fingerprint density at radius 1 is 0.903 bits per heavy atom. The number of rotatable bonds is 10. The highest BCUT2D eigenvalue weighted by Gasteiger charge is 2.30. The zero-order valence-electron chi connectivity index (χ0n) is 17.6. The predicted molar refractivity (Wildman–Crippen MR) is 129 cm³/mol. The van der Waals surface area contributed by atoms with Crippen LogP contribution in [0, 0.1) is 0 Å². The first kappa shape index (κ1) is 25.8. The first-order valence-corrected chi connectivity index (χ1v) is 11.7. The van der Waals surface area contributed by atoms with Crippen molar-refractivity contribution in [1.29, 1.82) is 0 Å². The van der Waals surface area contributed by atoms with E-state index < -0.39 is 6.04 Å². The molecule has 8 heteroatoms. The van der Waals surface area contributed by atoms with Crippen molar-refractivity contribution >= 4 is 58.2 Å². The maximum Gasteiger partial charge on any atom is 0.242 e. The van der Waals surface area contributed by atoms with Gasteiger partial charge in [-0.25, -0.2) is 0 Å². The Bertz CT molecular complexity index is 880. The quantitative estimate of drug-likeness (QED) is 0.373. The van der Waals surface area contributed by atoms with E-state index in [4.69, 9.17) is 46.4 Å². The van der Waals surface area contributed by atoms with Gasteiger partial charge in [0.05, 0.1) is 6.42 Å². The van der Waals surface area contributed by atoms with Crippen LogP contribution in [0.3, 0.4) is 0 Å². The number of nitrogens with zero attached hydrogens (tertiary/aromatic N) is 1. The SMILES string of the molecule is CCCCNC(=O)[C@@H](CC)N(Cc1c(Cl)cccc1Cl)C(=O)Cc1c(Cl)cccc1Cl. The Kier molecular flexibility index (Phi) is 10.4. The predicted octanol–water partition coefficient (Wildman–Crippen LogP) is 6.57. The van der Waals surface area contributed by atoms with Crippen molar-refractivity contribution in [2.24, 2.45) is 0 Å². The summed E-state index contributed by atoms with van der Waals surface area (Å²) < 4.78 is 0. The number of hydrogen-bond donors (Lipinski definition) is 1. The zero-order chi connectivity index (χ0) is 23.0. The first-order chi connectivity index (χ1) is 14.8. The van der Waals surface area contributed by atoms with Gasteiger partial charge in [-0.05, 0) is 42.7 Å². The number of hydrogen-bond acceptors (Lipinski definition) is 2. The average Bonchev–Trinajstić information content (AvgIpc) is 2.72. The molecule has 2 aromatic rings. The molecule has 2 rings (SSSR count). The molecular formula is C23H26Cl4N2O2. The molecule has 2 aromatic carbocycles. The molecule has 0 fully saturated rings. The molecule has 0 aliphatic carbocycles. The summed E-state index contributed by atoms with van der Waals surface area (Å²) in [6.45, 7) is 4.56. The van der Waals surface area contributed by atoms with Crippen molar-refractivity contribution in [2.75, 3.05) is 6.54 Å². The van der Waals surface area contributed by atoms with Crippen molar-refractivity contribution in [2.45, 2.75) is 52.1 Å². The normalized spacial score (nSPS) is 11.8. The third-order valence-corrected chi connectivity index (χ3v) is 6.41. The molecule has 0 aliphatic heterocycles. The summed E-state index contributed by atoms with van der Waals surface area (Å²) in [5, 5.41) is 4.59. The second kappa shape index (κ2) is 12.5. The molecule has 0 aliphatic rings. The van der Waals surface area contributed by atoms with E-state index >= 15 is 0 Å². The Balaban J connectivity index is 2.38. The van der Waals surface area contributed by atoms with Gasteiger partial charge in [0.1, 0.15) is 6.04 Å². The first-order valence-electron chi connectivity index (χ1n) is 10.2. The van der Waals surface area contributed by atoms with E-state index in [0.29, 0.717) is 44.2 Å². The zero-order valence-corrected chi connectivity index (χ0v) is 20.6. The molecule has 1 N–H and O–H groups in total. The molecule has 4 nitrogen and oxygen atoms in total. The van der Waals surface area contributed by atoms with Crippen molar-refractivity contribution in [3.8, 4) is 0 Å². The highest BCUT2D eigenvalue weighted by molar-refractivity contribution is 6.36. The molecule has 31 heavy (non-hydrogen) atoms. The summed E-state index contributed by atoms with van der Waals surface area (Å²) in [6, 6.07) is 9.55. The number of benzene rings is 2. The fourth-order valence-electron chi connectivity index (χ4n) is 3.23. The molecule has 1 atom stereocenters. The van der Waals surface area contributed by atoms with Gasteiger partial charge in [-0.15, -0.1) is 0 Å². The van der Waals surface area contributed by atoms with Gasteiger partial charge >= 0.3 is 0 Å². The van der Waals surface area contributed by atoms with Gasteiger partial charge in [-0.3, -0.25) is 9.59 Å². The maximum atomic E-state index is 13.4. The minimum absolute atomic E-state index is 0.0423. The lowest BCUT2D eigenvalue weighted by molar-refractivity contribution is -0.140. The second-order valence-electron chi connectivity index (χ2n) is 7.17. The van der Waals surface area contributed by atoms with Gasteiger partial charge in [0.25, 0.3) is 0 Å². The van der Waals surface area contributed by atoms with E-state index in [1.165, 1.54) is 4.90 Å². The lowest BCUT2D eigenvalue weighted by atomic mass is 10.1. The minimum Gasteiger partial charge on any atom is -0.354 e. The molecule has 0 aromatic heterocycles. The summed E-state index contributed by atoms with van der Waals surface area (Å²) in [6.07, 6.45) is 2.21. The van der Waals surface area contributed by atoms with Crippen molar-refractivity contribution < 1.29 is 9.59 Å². The topological polar surface area (TPSA) is 49.4 Å². The summed E-state index contributed by atoms with van der Waals surface area (Å²) >= 11 is 25.3. The number of amides is 2. The summed E-state index contributed by atoms with van der Waals surface area (Å²) in [5.74, 6) is -0.499. The van der Waals surface area contributed by atoms with E-state index in [-0.39, 0.29) is 24.8 Å². The minimum atomic E-state index is -0.682. The number of nitrogens with one attached hydrogen (secondary N) is 1. The van der Waals surface area contributed by atoms with Crippen LogP contribution in [0.25, 0.3) is 0 Å². The summed E-state index contributed by atoms with van der Waals surface area (Å²) in [5.41, 5.74) is 1.11. The Labute approximate surface area is 203 Å². The van der Waals surface area contributed by atoms with Gasteiger partial charge in [-0.1, -0.05) is 78.8 Å². The van der Waals surface area contributed by atoms with Crippen LogP contribution in [-0.2, 0) is 22.6 Å². The van der Waals surface area contributed by atoms with Crippen LogP contribution in [0.2, 0.25) is 20.1 Å². The van der Waals surface area contributed by atoms with Crippen LogP contribution in [-0.4, -0.2) is 29.3 Å². The van der Waals surface area contributed by atoms with Crippen molar-refractivity contribution in [3.05, 3.63) is 67.6 Å². The molecule has 0 unspecified atom stereocenters. The smallest absolute Gasteiger partial charge is 0.242 e. The number of carbonyl (C=O) groups excluding carboxylic acids is 2. The van der Waals surface area contributed by atoms with Crippen LogP contribution in [0.5, 0.6) is 0 Å². The fourth-order valence-corrected chi connectivity index (χ4v) is 4.28. The number of unbranched alkanes of at least 4 members (excludes halogenated alkanes) is 1. The van der Waals surface area contributed by atoms with Crippen LogP contribution in [0.1, 0.15) is 44.2 Å². The Morgan fingerprint density at radius 2 is 1.42 bits per heavy atom.